The van der Waals surface area contributed by atoms with E-state index in [1.54, 1.807) is 0 Å². The fraction of sp³-hybridized carbons (Fsp3) is 0.857. The van der Waals surface area contributed by atoms with Crippen LogP contribution in [0, 0.1) is 0 Å². The molecule has 5 heteroatoms. The van der Waals surface area contributed by atoms with Gasteiger partial charge >= 0.3 is 0 Å². The molecule has 0 saturated heterocycles. The van der Waals surface area contributed by atoms with E-state index in [1.165, 1.54) is 0 Å². The fourth-order valence-corrected chi connectivity index (χ4v) is 2.38. The van der Waals surface area contributed by atoms with Gasteiger partial charge in [-0.25, -0.2) is 13.6 Å². The number of rotatable bonds is 1. The predicted molar refractivity (Wildman–Crippen MR) is 47.1 cm³/mol. The molecule has 0 bridgehead atoms. The highest BCUT2D eigenvalue weighted by atomic mass is 32.2. The van der Waals surface area contributed by atoms with Crippen molar-refractivity contribution in [1.29, 1.82) is 0 Å². The minimum atomic E-state index is -3.23. The summed E-state index contributed by atoms with van der Waals surface area (Å²) in [4.78, 5) is 8.00. The monoisotopic (exact) mass is 193 g/mol. The van der Waals surface area contributed by atoms with Crippen LogP contribution in [0.25, 0.3) is 0 Å². The molecule has 0 atom stereocenters. The molecule has 1 rings (SSSR count). The van der Waals surface area contributed by atoms with E-state index in [-0.39, 0.29) is 5.25 Å². The summed E-state index contributed by atoms with van der Waals surface area (Å²) in [6.07, 6.45) is 4.71. The van der Waals surface area contributed by atoms with Gasteiger partial charge in [0.15, 0.2) is 0 Å². The van der Waals surface area contributed by atoms with E-state index in [4.69, 9.17) is 9.93 Å². The van der Waals surface area contributed by atoms with E-state index in [1.807, 2.05) is 6.79 Å². The van der Waals surface area contributed by atoms with Crippen LogP contribution in [0.2, 0.25) is 0 Å². The third kappa shape index (κ3) is 3.82. The fourth-order valence-electron chi connectivity index (χ4n) is 1.39. The molecule has 12 heavy (non-hydrogen) atoms. The predicted octanol–water partition coefficient (Wildman–Crippen LogP) is 0.423. The van der Waals surface area contributed by atoms with E-state index in [2.05, 4.69) is 0 Å². The lowest BCUT2D eigenvalue weighted by atomic mass is 10.0. The van der Waals surface area contributed by atoms with Crippen molar-refractivity contribution in [3.05, 3.63) is 0 Å². The maximum absolute atomic E-state index is 10.8. The SMILES string of the molecule is C=O.NS(=O)(=O)C1CCCCC1. The maximum atomic E-state index is 10.8. The summed E-state index contributed by atoms with van der Waals surface area (Å²) in [5.74, 6) is 0. The molecule has 0 aromatic heterocycles. The Morgan fingerprint density at radius 2 is 1.50 bits per heavy atom. The van der Waals surface area contributed by atoms with Crippen LogP contribution in [-0.4, -0.2) is 20.5 Å². The molecule has 1 saturated carbocycles. The Kier molecular flexibility index (Phi) is 5.08. The van der Waals surface area contributed by atoms with Crippen molar-refractivity contribution in [3.8, 4) is 0 Å². The van der Waals surface area contributed by atoms with Gasteiger partial charge in [-0.3, -0.25) is 0 Å². The molecule has 0 heterocycles. The second-order valence-electron chi connectivity index (χ2n) is 2.85. The molecule has 0 aromatic rings. The summed E-state index contributed by atoms with van der Waals surface area (Å²) in [5.41, 5.74) is 0. The Morgan fingerprint density at radius 1 is 1.08 bits per heavy atom. The molecule has 0 radical (unpaired) electrons. The second-order valence-corrected chi connectivity index (χ2v) is 4.69. The van der Waals surface area contributed by atoms with Crippen molar-refractivity contribution in [2.45, 2.75) is 37.4 Å². The average Bonchev–Trinajstić information content (AvgIpc) is 2.08. The van der Waals surface area contributed by atoms with Crippen LogP contribution in [0.1, 0.15) is 32.1 Å². The zero-order valence-corrected chi connectivity index (χ0v) is 7.85. The second kappa shape index (κ2) is 5.27. The number of primary sulfonamides is 1. The largest absolute Gasteiger partial charge is 0.307 e. The van der Waals surface area contributed by atoms with Gasteiger partial charge in [-0.15, -0.1) is 0 Å². The molecule has 0 unspecified atom stereocenters. The molecule has 0 amide bonds. The molecular weight excluding hydrogens is 178 g/mol. The minimum absolute atomic E-state index is 0.249. The van der Waals surface area contributed by atoms with Crippen molar-refractivity contribution in [2.75, 3.05) is 0 Å². The third-order valence-electron chi connectivity index (χ3n) is 2.02. The molecule has 0 aromatic carbocycles. The first kappa shape index (κ1) is 11.6. The van der Waals surface area contributed by atoms with Crippen LogP contribution < -0.4 is 5.14 Å². The van der Waals surface area contributed by atoms with Crippen molar-refractivity contribution < 1.29 is 13.2 Å². The van der Waals surface area contributed by atoms with Crippen molar-refractivity contribution in [3.63, 3.8) is 0 Å². The van der Waals surface area contributed by atoms with Gasteiger partial charge in [-0.05, 0) is 12.8 Å². The van der Waals surface area contributed by atoms with Gasteiger partial charge in [-0.2, -0.15) is 0 Å². The Morgan fingerprint density at radius 3 is 1.75 bits per heavy atom. The first-order chi connectivity index (χ1) is 5.61. The van der Waals surface area contributed by atoms with Crippen molar-refractivity contribution in [2.24, 2.45) is 5.14 Å². The highest BCUT2D eigenvalue weighted by molar-refractivity contribution is 7.89. The number of hydrogen-bond donors (Lipinski definition) is 1. The first-order valence-electron chi connectivity index (χ1n) is 3.91. The summed E-state index contributed by atoms with van der Waals surface area (Å²) in [7, 11) is -3.23. The molecule has 1 fully saturated rings. The van der Waals surface area contributed by atoms with Crippen LogP contribution in [0.15, 0.2) is 0 Å². The Hall–Kier alpha value is -0.420. The smallest absolute Gasteiger partial charge is 0.211 e. The molecular formula is C7H15NO3S. The summed E-state index contributed by atoms with van der Waals surface area (Å²) in [6.45, 7) is 2.00. The molecule has 72 valence electrons. The zero-order valence-electron chi connectivity index (χ0n) is 7.03. The summed E-state index contributed by atoms with van der Waals surface area (Å²) in [6, 6.07) is 0. The van der Waals surface area contributed by atoms with Crippen LogP contribution in [0.4, 0.5) is 0 Å². The summed E-state index contributed by atoms with van der Waals surface area (Å²) < 4.78 is 21.5. The van der Waals surface area contributed by atoms with E-state index in [0.29, 0.717) is 0 Å². The number of nitrogens with two attached hydrogens (primary N) is 1. The molecule has 2 N–H and O–H groups in total. The lowest BCUT2D eigenvalue weighted by Gasteiger charge is -2.18. The quantitative estimate of drug-likeness (QED) is 0.655. The average molecular weight is 193 g/mol. The lowest BCUT2D eigenvalue weighted by molar-refractivity contribution is -0.0979. The Bertz CT molecular complexity index is 207. The van der Waals surface area contributed by atoms with Crippen LogP contribution in [0.5, 0.6) is 0 Å². The van der Waals surface area contributed by atoms with Gasteiger partial charge in [0.05, 0.1) is 5.25 Å². The topological polar surface area (TPSA) is 77.2 Å². The van der Waals surface area contributed by atoms with Gasteiger partial charge in [0.1, 0.15) is 6.79 Å². The normalized spacial score (nSPS) is 19.4. The Balaban J connectivity index is 0.000000561. The number of hydrogen-bond acceptors (Lipinski definition) is 3. The van der Waals surface area contributed by atoms with Gasteiger partial charge in [0, 0.05) is 0 Å². The molecule has 1 aliphatic carbocycles. The van der Waals surface area contributed by atoms with Gasteiger partial charge in [0.25, 0.3) is 0 Å². The standard InChI is InChI=1S/C6H13NO2S.CH2O/c7-10(8,9)6-4-2-1-3-5-6;1-2/h6H,1-5H2,(H2,7,8,9);1H2. The van der Waals surface area contributed by atoms with Crippen LogP contribution in [-0.2, 0) is 14.8 Å². The van der Waals surface area contributed by atoms with Crippen molar-refractivity contribution >= 4 is 16.8 Å². The lowest BCUT2D eigenvalue weighted by Crippen LogP contribution is -2.30. The first-order valence-corrected chi connectivity index (χ1v) is 5.52. The van der Waals surface area contributed by atoms with Gasteiger partial charge < -0.3 is 4.79 Å². The van der Waals surface area contributed by atoms with Gasteiger partial charge in [0.2, 0.25) is 10.0 Å². The highest BCUT2D eigenvalue weighted by Gasteiger charge is 2.22. The van der Waals surface area contributed by atoms with Crippen LogP contribution in [0.3, 0.4) is 0 Å². The van der Waals surface area contributed by atoms with Crippen LogP contribution >= 0.6 is 0 Å². The molecule has 0 aliphatic heterocycles. The Labute approximate surface area is 73.2 Å². The highest BCUT2D eigenvalue weighted by Crippen LogP contribution is 2.21. The summed E-state index contributed by atoms with van der Waals surface area (Å²) >= 11 is 0. The van der Waals surface area contributed by atoms with E-state index in [0.717, 1.165) is 32.1 Å². The number of carbonyl (C=O) groups is 1. The zero-order chi connectivity index (χ0) is 9.61. The molecule has 1 aliphatic rings. The molecule has 4 nitrogen and oxygen atoms in total. The van der Waals surface area contributed by atoms with E-state index in [9.17, 15) is 8.42 Å². The number of sulfonamides is 1. The summed E-state index contributed by atoms with van der Waals surface area (Å²) in [5, 5.41) is 4.73. The van der Waals surface area contributed by atoms with E-state index >= 15 is 0 Å². The molecule has 0 spiro atoms. The third-order valence-corrected chi connectivity index (χ3v) is 3.42. The van der Waals surface area contributed by atoms with Crippen molar-refractivity contribution in [1.82, 2.24) is 0 Å². The minimum Gasteiger partial charge on any atom is -0.307 e. The van der Waals surface area contributed by atoms with E-state index < -0.39 is 10.0 Å². The van der Waals surface area contributed by atoms with Gasteiger partial charge in [-0.1, -0.05) is 19.3 Å². The maximum Gasteiger partial charge on any atom is 0.211 e. The number of carbonyl (C=O) groups excluding carboxylic acids is 1.